The lowest BCUT2D eigenvalue weighted by atomic mass is 10.2. The number of nitrogens with zero attached hydrogens (tertiary/aromatic N) is 1. The van der Waals surface area contributed by atoms with Crippen molar-refractivity contribution in [2.24, 2.45) is 0 Å². The Morgan fingerprint density at radius 3 is 2.93 bits per heavy atom. The van der Waals surface area contributed by atoms with Crippen LogP contribution in [0.15, 0.2) is 0 Å². The summed E-state index contributed by atoms with van der Waals surface area (Å²) in [5.41, 5.74) is 0. The summed E-state index contributed by atoms with van der Waals surface area (Å²) in [6.07, 6.45) is 0.0371. The van der Waals surface area contributed by atoms with Gasteiger partial charge in [-0.05, 0) is 13.8 Å². The van der Waals surface area contributed by atoms with Crippen molar-refractivity contribution in [2.75, 3.05) is 26.3 Å². The second kappa shape index (κ2) is 5.32. The summed E-state index contributed by atoms with van der Waals surface area (Å²) in [6, 6.07) is 0.527. The fourth-order valence-corrected chi connectivity index (χ4v) is 1.52. The molecule has 0 bridgehead atoms. The van der Waals surface area contributed by atoms with E-state index in [0.717, 1.165) is 19.7 Å². The van der Waals surface area contributed by atoms with Crippen LogP contribution in [0.1, 0.15) is 20.8 Å². The van der Waals surface area contributed by atoms with Crippen LogP contribution in [-0.4, -0.2) is 49.3 Å². The van der Waals surface area contributed by atoms with Crippen LogP contribution < -0.4 is 0 Å². The van der Waals surface area contributed by atoms with Gasteiger partial charge in [0, 0.05) is 26.1 Å². The average Bonchev–Trinajstić information content (AvgIpc) is 2.15. The van der Waals surface area contributed by atoms with Gasteiger partial charge in [-0.1, -0.05) is 0 Å². The number of hydrogen-bond acceptors (Lipinski definition) is 4. The highest BCUT2D eigenvalue weighted by Crippen LogP contribution is 2.08. The monoisotopic (exact) mass is 201 g/mol. The highest BCUT2D eigenvalue weighted by Gasteiger charge is 2.22. The van der Waals surface area contributed by atoms with Crippen molar-refractivity contribution < 1.29 is 14.3 Å². The number of carbonyl (C=O) groups excluding carboxylic acids is 1. The molecule has 1 fully saturated rings. The third-order valence-corrected chi connectivity index (χ3v) is 2.37. The Kier molecular flexibility index (Phi) is 4.35. The molecule has 0 aromatic carbocycles. The Bertz CT molecular complexity index is 194. The smallest absolute Gasteiger partial charge is 0.302 e. The Balaban J connectivity index is 2.29. The van der Waals surface area contributed by atoms with Gasteiger partial charge in [0.15, 0.2) is 0 Å². The lowest BCUT2D eigenvalue weighted by molar-refractivity contribution is -0.148. The van der Waals surface area contributed by atoms with Crippen molar-refractivity contribution in [3.05, 3.63) is 0 Å². The van der Waals surface area contributed by atoms with E-state index in [9.17, 15) is 4.79 Å². The second-order valence-corrected chi connectivity index (χ2v) is 3.88. The highest BCUT2D eigenvalue weighted by molar-refractivity contribution is 5.65. The molecular weight excluding hydrogens is 182 g/mol. The molecule has 0 saturated carbocycles. The van der Waals surface area contributed by atoms with Gasteiger partial charge in [0.2, 0.25) is 0 Å². The van der Waals surface area contributed by atoms with Crippen LogP contribution in [-0.2, 0) is 14.3 Å². The third kappa shape index (κ3) is 3.64. The molecule has 0 radical (unpaired) electrons. The highest BCUT2D eigenvalue weighted by atomic mass is 16.6. The van der Waals surface area contributed by atoms with Gasteiger partial charge in [-0.3, -0.25) is 9.69 Å². The molecule has 4 heteroatoms. The standard InChI is InChI=1S/C10H19NO3/c1-8(2)11-4-5-13-10(6-11)7-14-9(3)12/h8,10H,4-7H2,1-3H3. The molecule has 82 valence electrons. The minimum absolute atomic E-state index is 0.0371. The molecule has 1 heterocycles. The molecule has 1 aliphatic rings. The first-order valence-corrected chi connectivity index (χ1v) is 5.08. The van der Waals surface area contributed by atoms with E-state index in [1.54, 1.807) is 0 Å². The summed E-state index contributed by atoms with van der Waals surface area (Å²) >= 11 is 0. The van der Waals surface area contributed by atoms with E-state index in [4.69, 9.17) is 9.47 Å². The van der Waals surface area contributed by atoms with E-state index in [0.29, 0.717) is 12.6 Å². The summed E-state index contributed by atoms with van der Waals surface area (Å²) in [4.78, 5) is 12.9. The van der Waals surface area contributed by atoms with Gasteiger partial charge in [0.1, 0.15) is 12.7 Å². The predicted octanol–water partition coefficient (Wildman–Crippen LogP) is 0.659. The van der Waals surface area contributed by atoms with Crippen molar-refractivity contribution in [2.45, 2.75) is 32.9 Å². The first-order valence-electron chi connectivity index (χ1n) is 5.08. The molecule has 1 atom stereocenters. The molecule has 1 unspecified atom stereocenters. The Morgan fingerprint density at radius 2 is 2.36 bits per heavy atom. The molecule has 0 aliphatic carbocycles. The maximum Gasteiger partial charge on any atom is 0.302 e. The first kappa shape index (κ1) is 11.5. The second-order valence-electron chi connectivity index (χ2n) is 3.88. The average molecular weight is 201 g/mol. The van der Waals surface area contributed by atoms with Crippen molar-refractivity contribution in [3.63, 3.8) is 0 Å². The molecule has 1 saturated heterocycles. The summed E-state index contributed by atoms with van der Waals surface area (Å²) in [5, 5.41) is 0. The van der Waals surface area contributed by atoms with Gasteiger partial charge < -0.3 is 9.47 Å². The maximum atomic E-state index is 10.6. The normalized spacial score (nSPS) is 23.9. The number of rotatable bonds is 3. The van der Waals surface area contributed by atoms with E-state index in [1.165, 1.54) is 6.92 Å². The van der Waals surface area contributed by atoms with Gasteiger partial charge >= 0.3 is 5.97 Å². The SMILES string of the molecule is CC(=O)OCC1CN(C(C)C)CCO1. The van der Waals surface area contributed by atoms with Crippen molar-refractivity contribution in [3.8, 4) is 0 Å². The minimum atomic E-state index is -0.240. The van der Waals surface area contributed by atoms with Gasteiger partial charge in [-0.25, -0.2) is 0 Å². The van der Waals surface area contributed by atoms with Gasteiger partial charge in [0.25, 0.3) is 0 Å². The quantitative estimate of drug-likeness (QED) is 0.629. The summed E-state index contributed by atoms with van der Waals surface area (Å²) < 4.78 is 10.4. The van der Waals surface area contributed by atoms with Crippen LogP contribution in [0, 0.1) is 0 Å². The lowest BCUT2D eigenvalue weighted by Crippen LogP contribution is -2.47. The Morgan fingerprint density at radius 1 is 1.64 bits per heavy atom. The van der Waals surface area contributed by atoms with Gasteiger partial charge in [-0.2, -0.15) is 0 Å². The van der Waals surface area contributed by atoms with E-state index >= 15 is 0 Å². The zero-order valence-corrected chi connectivity index (χ0v) is 9.16. The van der Waals surface area contributed by atoms with Gasteiger partial charge in [0.05, 0.1) is 6.61 Å². The number of morpholine rings is 1. The molecule has 1 aliphatic heterocycles. The Labute approximate surface area is 85.2 Å². The van der Waals surface area contributed by atoms with Crippen LogP contribution in [0.4, 0.5) is 0 Å². The summed E-state index contributed by atoms with van der Waals surface area (Å²) in [7, 11) is 0. The molecule has 0 aromatic rings. The lowest BCUT2D eigenvalue weighted by Gasteiger charge is -2.35. The molecule has 0 N–H and O–H groups in total. The van der Waals surface area contributed by atoms with E-state index in [-0.39, 0.29) is 12.1 Å². The fraction of sp³-hybridized carbons (Fsp3) is 0.900. The molecule has 0 spiro atoms. The van der Waals surface area contributed by atoms with E-state index in [2.05, 4.69) is 18.7 Å². The van der Waals surface area contributed by atoms with Crippen molar-refractivity contribution in [1.29, 1.82) is 0 Å². The zero-order chi connectivity index (χ0) is 10.6. The molecule has 1 rings (SSSR count). The van der Waals surface area contributed by atoms with Crippen LogP contribution in [0.5, 0.6) is 0 Å². The topological polar surface area (TPSA) is 38.8 Å². The molecule has 0 amide bonds. The van der Waals surface area contributed by atoms with E-state index in [1.807, 2.05) is 0 Å². The number of carbonyl (C=O) groups is 1. The Hall–Kier alpha value is -0.610. The van der Waals surface area contributed by atoms with Crippen LogP contribution in [0.25, 0.3) is 0 Å². The molecular formula is C10H19NO3. The maximum absolute atomic E-state index is 10.6. The van der Waals surface area contributed by atoms with Crippen LogP contribution in [0.2, 0.25) is 0 Å². The number of ether oxygens (including phenoxy) is 2. The van der Waals surface area contributed by atoms with Crippen LogP contribution in [0.3, 0.4) is 0 Å². The van der Waals surface area contributed by atoms with Crippen molar-refractivity contribution in [1.82, 2.24) is 4.90 Å². The fourth-order valence-electron chi connectivity index (χ4n) is 1.52. The number of hydrogen-bond donors (Lipinski definition) is 0. The molecule has 0 aromatic heterocycles. The molecule has 4 nitrogen and oxygen atoms in total. The predicted molar refractivity (Wildman–Crippen MR) is 53.1 cm³/mol. The zero-order valence-electron chi connectivity index (χ0n) is 9.16. The van der Waals surface area contributed by atoms with E-state index < -0.39 is 0 Å². The third-order valence-electron chi connectivity index (χ3n) is 2.37. The molecule has 14 heavy (non-hydrogen) atoms. The van der Waals surface area contributed by atoms with Crippen LogP contribution >= 0.6 is 0 Å². The van der Waals surface area contributed by atoms with Gasteiger partial charge in [-0.15, -0.1) is 0 Å². The summed E-state index contributed by atoms with van der Waals surface area (Å²) in [6.45, 7) is 8.66. The largest absolute Gasteiger partial charge is 0.463 e. The van der Waals surface area contributed by atoms with Crippen molar-refractivity contribution >= 4 is 5.97 Å². The minimum Gasteiger partial charge on any atom is -0.463 e. The number of esters is 1. The first-order chi connectivity index (χ1) is 6.59. The summed E-state index contributed by atoms with van der Waals surface area (Å²) in [5.74, 6) is -0.240.